The van der Waals surface area contributed by atoms with E-state index in [-0.39, 0.29) is 24.2 Å². The highest BCUT2D eigenvalue weighted by molar-refractivity contribution is 6.33. The van der Waals surface area contributed by atoms with E-state index in [1.54, 1.807) is 6.92 Å². The summed E-state index contributed by atoms with van der Waals surface area (Å²) in [5, 5.41) is 23.8. The third kappa shape index (κ3) is 3.53. The number of aromatic nitrogens is 4. The molecule has 0 radical (unpaired) electrons. The number of imidazole rings is 1. The number of hydrogen-bond acceptors (Lipinski definition) is 7. The van der Waals surface area contributed by atoms with Crippen LogP contribution >= 0.6 is 11.6 Å². The summed E-state index contributed by atoms with van der Waals surface area (Å²) in [5.74, 6) is 0.275. The molecule has 2 aromatic heterocycles. The molecule has 8 nitrogen and oxygen atoms in total. The molecule has 0 unspecified atom stereocenters. The van der Waals surface area contributed by atoms with Crippen LogP contribution in [0.2, 0.25) is 5.02 Å². The molecule has 2 aliphatic heterocycles. The van der Waals surface area contributed by atoms with E-state index in [0.717, 1.165) is 12.0 Å². The topological polar surface area (TPSA) is 105 Å². The zero-order valence-corrected chi connectivity index (χ0v) is 18.6. The highest BCUT2D eigenvalue weighted by Gasteiger charge is 2.30. The number of benzene rings is 1. The summed E-state index contributed by atoms with van der Waals surface area (Å²) < 4.78 is 22.4. The quantitative estimate of drug-likeness (QED) is 0.546. The van der Waals surface area contributed by atoms with Crippen molar-refractivity contribution in [3.63, 3.8) is 0 Å². The second-order valence-corrected chi connectivity index (χ2v) is 8.96. The van der Waals surface area contributed by atoms with Crippen molar-refractivity contribution in [3.8, 4) is 11.3 Å². The van der Waals surface area contributed by atoms with Gasteiger partial charge in [0, 0.05) is 18.2 Å². The van der Waals surface area contributed by atoms with Crippen LogP contribution in [0.5, 0.6) is 0 Å². The lowest BCUT2D eigenvalue weighted by Crippen LogP contribution is -2.42. The van der Waals surface area contributed by atoms with Gasteiger partial charge >= 0.3 is 0 Å². The van der Waals surface area contributed by atoms with Crippen LogP contribution in [0.3, 0.4) is 0 Å². The Hall–Kier alpha value is -2.33. The first kappa shape index (κ1) is 21.5. The summed E-state index contributed by atoms with van der Waals surface area (Å²) in [6.07, 6.45) is 2.14. The van der Waals surface area contributed by atoms with Crippen LogP contribution in [0.15, 0.2) is 12.3 Å². The minimum Gasteiger partial charge on any atom is -0.389 e. The summed E-state index contributed by atoms with van der Waals surface area (Å²) in [6.45, 7) is 4.46. The molecule has 1 fully saturated rings. The van der Waals surface area contributed by atoms with Crippen LogP contribution in [-0.4, -0.2) is 55.1 Å². The first-order chi connectivity index (χ1) is 15.3. The molecule has 0 amide bonds. The average molecular weight is 462 g/mol. The third-order valence-electron chi connectivity index (χ3n) is 6.31. The van der Waals surface area contributed by atoms with Crippen LogP contribution in [0.1, 0.15) is 50.2 Å². The number of aliphatic hydroxyl groups is 2. The Morgan fingerprint density at radius 1 is 1.34 bits per heavy atom. The summed E-state index contributed by atoms with van der Waals surface area (Å²) in [7, 11) is 0. The van der Waals surface area contributed by atoms with Gasteiger partial charge in [0.2, 0.25) is 5.95 Å². The molecule has 32 heavy (non-hydrogen) atoms. The Morgan fingerprint density at radius 3 is 2.91 bits per heavy atom. The molecule has 0 saturated carbocycles. The summed E-state index contributed by atoms with van der Waals surface area (Å²) in [6, 6.07) is 1.25. The summed E-state index contributed by atoms with van der Waals surface area (Å²) >= 11 is 6.47. The summed E-state index contributed by atoms with van der Waals surface area (Å²) in [4.78, 5) is 13.3. The maximum Gasteiger partial charge on any atom is 0.223 e. The molecular weight excluding hydrogens is 437 g/mol. The van der Waals surface area contributed by atoms with Crippen LogP contribution < -0.4 is 5.32 Å². The molecule has 1 aromatic carbocycles. The number of nitrogens with zero attached hydrogens (tertiary/aromatic N) is 4. The first-order valence-corrected chi connectivity index (χ1v) is 11.2. The fourth-order valence-corrected chi connectivity index (χ4v) is 4.88. The van der Waals surface area contributed by atoms with Crippen molar-refractivity contribution in [2.24, 2.45) is 0 Å². The van der Waals surface area contributed by atoms with Crippen LogP contribution in [0.25, 0.3) is 22.3 Å². The molecule has 0 spiro atoms. The van der Waals surface area contributed by atoms with E-state index in [4.69, 9.17) is 16.3 Å². The number of nitrogens with one attached hydrogen (secondary N) is 1. The van der Waals surface area contributed by atoms with Gasteiger partial charge in [-0.05, 0) is 44.7 Å². The molecular formula is C22H25ClFN5O3. The Bertz CT molecular complexity index is 1180. The normalized spacial score (nSPS) is 24.0. The van der Waals surface area contributed by atoms with Gasteiger partial charge in [-0.1, -0.05) is 11.6 Å². The van der Waals surface area contributed by atoms with Crippen LogP contribution in [0.4, 0.5) is 10.3 Å². The van der Waals surface area contributed by atoms with Gasteiger partial charge in [-0.3, -0.25) is 0 Å². The van der Waals surface area contributed by atoms with Crippen molar-refractivity contribution in [2.75, 3.05) is 18.5 Å². The van der Waals surface area contributed by atoms with Crippen molar-refractivity contribution in [2.45, 2.75) is 57.4 Å². The molecule has 10 heteroatoms. The van der Waals surface area contributed by atoms with Crippen LogP contribution in [0, 0.1) is 5.82 Å². The molecule has 5 rings (SSSR count). The van der Waals surface area contributed by atoms with Crippen molar-refractivity contribution in [1.29, 1.82) is 0 Å². The predicted molar refractivity (Wildman–Crippen MR) is 118 cm³/mol. The van der Waals surface area contributed by atoms with Gasteiger partial charge in [-0.15, -0.1) is 0 Å². The largest absolute Gasteiger partial charge is 0.389 e. The number of halogens is 2. The zero-order chi connectivity index (χ0) is 22.6. The maximum absolute atomic E-state index is 15.2. The SMILES string of the molecule is C[C@@H](O)c1nc2c(F)cc(-c3nc(N[C@@H]4CCOC[C@H]4O)ncc3Cl)c3c2n1[C@@H](C)CC3. The van der Waals surface area contributed by atoms with Gasteiger partial charge < -0.3 is 24.8 Å². The Labute approximate surface area is 189 Å². The minimum absolute atomic E-state index is 0.0832. The average Bonchev–Trinajstić information content (AvgIpc) is 3.18. The lowest BCUT2D eigenvalue weighted by Gasteiger charge is -2.28. The van der Waals surface area contributed by atoms with E-state index < -0.39 is 18.0 Å². The van der Waals surface area contributed by atoms with Crippen molar-refractivity contribution in [3.05, 3.63) is 34.5 Å². The highest BCUT2D eigenvalue weighted by Crippen LogP contribution is 2.41. The van der Waals surface area contributed by atoms with E-state index in [9.17, 15) is 10.2 Å². The Kier molecular flexibility index (Phi) is 5.53. The van der Waals surface area contributed by atoms with Crippen LogP contribution in [-0.2, 0) is 11.2 Å². The smallest absolute Gasteiger partial charge is 0.223 e. The molecule has 0 bridgehead atoms. The minimum atomic E-state index is -0.817. The maximum atomic E-state index is 15.2. The highest BCUT2D eigenvalue weighted by atomic mass is 35.5. The number of aryl methyl sites for hydroxylation is 1. The standard InChI is InChI=1S/C22H25ClFN5O3/c1-10-3-4-12-13(7-15(24)19-20(12)29(10)21(27-19)11(2)30)18-14(23)8-25-22(28-18)26-16-5-6-32-9-17(16)31/h7-8,10-11,16-17,30-31H,3-6,9H2,1-2H3,(H,25,26,28)/t10-,11+,16+,17+/m0/s1. The van der Waals surface area contributed by atoms with E-state index in [1.165, 1.54) is 12.3 Å². The Morgan fingerprint density at radius 2 is 2.16 bits per heavy atom. The van der Waals surface area contributed by atoms with Gasteiger partial charge in [0.05, 0.1) is 41.2 Å². The molecule has 2 aliphatic rings. The fourth-order valence-electron chi connectivity index (χ4n) is 4.68. The Balaban J connectivity index is 1.64. The van der Waals surface area contributed by atoms with Gasteiger partial charge in [-0.2, -0.15) is 0 Å². The van der Waals surface area contributed by atoms with E-state index >= 15 is 4.39 Å². The molecule has 4 heterocycles. The predicted octanol–water partition coefficient (Wildman–Crippen LogP) is 3.41. The van der Waals surface area contributed by atoms with E-state index in [1.807, 2.05) is 11.5 Å². The van der Waals surface area contributed by atoms with E-state index in [0.29, 0.717) is 53.0 Å². The monoisotopic (exact) mass is 461 g/mol. The fraction of sp³-hybridized carbons (Fsp3) is 0.500. The number of hydrogen-bond donors (Lipinski definition) is 3. The van der Waals surface area contributed by atoms with E-state index in [2.05, 4.69) is 20.3 Å². The third-order valence-corrected chi connectivity index (χ3v) is 6.59. The second-order valence-electron chi connectivity index (χ2n) is 8.56. The number of ether oxygens (including phenoxy) is 1. The van der Waals surface area contributed by atoms with Crippen molar-refractivity contribution >= 4 is 28.6 Å². The van der Waals surface area contributed by atoms with Crippen molar-refractivity contribution < 1.29 is 19.3 Å². The van der Waals surface area contributed by atoms with Gasteiger partial charge in [-0.25, -0.2) is 19.3 Å². The molecule has 170 valence electrons. The molecule has 0 aliphatic carbocycles. The molecule has 3 N–H and O–H groups in total. The second kappa shape index (κ2) is 8.22. The lowest BCUT2D eigenvalue weighted by atomic mass is 9.93. The van der Waals surface area contributed by atoms with Gasteiger partial charge in [0.1, 0.15) is 17.4 Å². The molecule has 4 atom stereocenters. The first-order valence-electron chi connectivity index (χ1n) is 10.8. The number of rotatable bonds is 4. The van der Waals surface area contributed by atoms with Crippen molar-refractivity contribution in [1.82, 2.24) is 19.5 Å². The zero-order valence-electron chi connectivity index (χ0n) is 17.8. The molecule has 3 aromatic rings. The van der Waals surface area contributed by atoms with Gasteiger partial charge in [0.25, 0.3) is 0 Å². The number of aliphatic hydroxyl groups excluding tert-OH is 2. The number of anilines is 1. The molecule has 1 saturated heterocycles. The lowest BCUT2D eigenvalue weighted by molar-refractivity contribution is -0.0136. The summed E-state index contributed by atoms with van der Waals surface area (Å²) in [5.41, 5.74) is 2.83. The van der Waals surface area contributed by atoms with Gasteiger partial charge in [0.15, 0.2) is 5.82 Å².